The van der Waals surface area contributed by atoms with Gasteiger partial charge in [0.05, 0.1) is 13.2 Å². The second-order valence-corrected chi connectivity index (χ2v) is 5.89. The molecule has 0 aromatic carbocycles. The first-order valence-electron chi connectivity index (χ1n) is 8.02. The minimum Gasteiger partial charge on any atom is -0.379 e. The lowest BCUT2D eigenvalue weighted by Gasteiger charge is -2.26. The van der Waals surface area contributed by atoms with E-state index in [-0.39, 0.29) is 24.0 Å². The van der Waals surface area contributed by atoms with Gasteiger partial charge in [-0.3, -0.25) is 9.89 Å². The second kappa shape index (κ2) is 13.6. The van der Waals surface area contributed by atoms with Gasteiger partial charge in [-0.05, 0) is 18.8 Å². The van der Waals surface area contributed by atoms with Gasteiger partial charge in [-0.25, -0.2) is 0 Å². The fourth-order valence-corrected chi connectivity index (χ4v) is 2.27. The molecule has 5 nitrogen and oxygen atoms in total. The number of nitrogens with zero attached hydrogens (tertiary/aromatic N) is 2. The molecule has 21 heavy (non-hydrogen) atoms. The first-order chi connectivity index (χ1) is 9.68. The molecule has 1 aliphatic rings. The van der Waals surface area contributed by atoms with Crippen LogP contribution < -0.4 is 11.1 Å². The number of ether oxygens (including phenoxy) is 1. The molecule has 0 amide bonds. The summed E-state index contributed by atoms with van der Waals surface area (Å²) in [5.41, 5.74) is 5.84. The van der Waals surface area contributed by atoms with E-state index in [1.54, 1.807) is 0 Å². The highest BCUT2D eigenvalue weighted by molar-refractivity contribution is 14.0. The first-order valence-corrected chi connectivity index (χ1v) is 8.02. The number of nitrogens with one attached hydrogen (secondary N) is 1. The van der Waals surface area contributed by atoms with Crippen LogP contribution in [0.5, 0.6) is 0 Å². The molecule has 6 heteroatoms. The van der Waals surface area contributed by atoms with Crippen molar-refractivity contribution in [3.8, 4) is 0 Å². The van der Waals surface area contributed by atoms with Gasteiger partial charge in [0.2, 0.25) is 0 Å². The van der Waals surface area contributed by atoms with Gasteiger partial charge < -0.3 is 15.8 Å². The molecule has 0 aromatic rings. The first kappa shape index (κ1) is 20.9. The molecule has 0 unspecified atom stereocenters. The fourth-order valence-electron chi connectivity index (χ4n) is 2.27. The molecular formula is C15H33IN4O. The van der Waals surface area contributed by atoms with Crippen molar-refractivity contribution in [2.24, 2.45) is 16.6 Å². The highest BCUT2D eigenvalue weighted by Gasteiger charge is 2.08. The van der Waals surface area contributed by atoms with Gasteiger partial charge in [-0.15, -0.1) is 24.0 Å². The van der Waals surface area contributed by atoms with Crippen molar-refractivity contribution in [2.45, 2.75) is 39.5 Å². The average molecular weight is 412 g/mol. The molecule has 1 aliphatic heterocycles. The van der Waals surface area contributed by atoms with E-state index < -0.39 is 0 Å². The summed E-state index contributed by atoms with van der Waals surface area (Å²) in [6.45, 7) is 11.2. The molecule has 0 saturated carbocycles. The predicted octanol–water partition coefficient (Wildman–Crippen LogP) is 2.06. The summed E-state index contributed by atoms with van der Waals surface area (Å²) in [7, 11) is 0. The monoisotopic (exact) mass is 412 g/mol. The summed E-state index contributed by atoms with van der Waals surface area (Å²) in [6, 6.07) is 0. The van der Waals surface area contributed by atoms with Crippen molar-refractivity contribution in [2.75, 3.05) is 45.9 Å². The molecule has 1 rings (SSSR count). The summed E-state index contributed by atoms with van der Waals surface area (Å²) >= 11 is 0. The standard InChI is InChI=1S/C15H32N4O.HI/c1-14(2)6-3-4-7-17-15(16)18-8-5-9-19-10-12-20-13-11-19;/h14H,3-13H2,1-2H3,(H3,16,17,18);1H. The highest BCUT2D eigenvalue weighted by Crippen LogP contribution is 2.04. The normalized spacial score (nSPS) is 16.8. The Hall–Kier alpha value is -0.0800. The molecule has 126 valence electrons. The smallest absolute Gasteiger partial charge is 0.188 e. The average Bonchev–Trinajstić information content (AvgIpc) is 2.44. The van der Waals surface area contributed by atoms with Crippen molar-refractivity contribution >= 4 is 29.9 Å². The van der Waals surface area contributed by atoms with Crippen molar-refractivity contribution in [3.63, 3.8) is 0 Å². The molecule has 3 N–H and O–H groups in total. The van der Waals surface area contributed by atoms with Crippen LogP contribution in [0.2, 0.25) is 0 Å². The molecule has 0 aliphatic carbocycles. The van der Waals surface area contributed by atoms with Gasteiger partial charge in [0.15, 0.2) is 5.96 Å². The molecule has 0 radical (unpaired) electrons. The largest absolute Gasteiger partial charge is 0.379 e. The quantitative estimate of drug-likeness (QED) is 0.263. The SMILES string of the molecule is CC(C)CCCCNC(N)=NCCCN1CCOCC1.I. The van der Waals surface area contributed by atoms with Crippen LogP contribution in [0.15, 0.2) is 4.99 Å². The third-order valence-corrected chi connectivity index (χ3v) is 3.53. The summed E-state index contributed by atoms with van der Waals surface area (Å²) in [5, 5.41) is 3.19. The molecule has 1 saturated heterocycles. The van der Waals surface area contributed by atoms with Crippen LogP contribution in [0.25, 0.3) is 0 Å². The van der Waals surface area contributed by atoms with E-state index in [2.05, 4.69) is 29.1 Å². The van der Waals surface area contributed by atoms with Gasteiger partial charge in [-0.2, -0.15) is 0 Å². The van der Waals surface area contributed by atoms with Crippen LogP contribution in [0.3, 0.4) is 0 Å². The Balaban J connectivity index is 0.00000400. The van der Waals surface area contributed by atoms with E-state index >= 15 is 0 Å². The van der Waals surface area contributed by atoms with E-state index in [4.69, 9.17) is 10.5 Å². The number of unbranched alkanes of at least 4 members (excludes halogenated alkanes) is 1. The Bertz CT molecular complexity index is 268. The van der Waals surface area contributed by atoms with Gasteiger partial charge in [0.25, 0.3) is 0 Å². The van der Waals surface area contributed by atoms with Gasteiger partial charge in [0, 0.05) is 32.7 Å². The van der Waals surface area contributed by atoms with Crippen molar-refractivity contribution in [3.05, 3.63) is 0 Å². The fraction of sp³-hybridized carbons (Fsp3) is 0.933. The lowest BCUT2D eigenvalue weighted by molar-refractivity contribution is 0.0377. The lowest BCUT2D eigenvalue weighted by atomic mass is 10.1. The number of guanidine groups is 1. The molecular weight excluding hydrogens is 379 g/mol. The highest BCUT2D eigenvalue weighted by atomic mass is 127. The summed E-state index contributed by atoms with van der Waals surface area (Å²) in [4.78, 5) is 6.79. The molecule has 0 atom stereocenters. The maximum Gasteiger partial charge on any atom is 0.188 e. The lowest BCUT2D eigenvalue weighted by Crippen LogP contribution is -2.37. The third kappa shape index (κ3) is 12.2. The summed E-state index contributed by atoms with van der Waals surface area (Å²) < 4.78 is 5.32. The van der Waals surface area contributed by atoms with Crippen molar-refractivity contribution in [1.29, 1.82) is 0 Å². The maximum atomic E-state index is 5.84. The number of morpholine rings is 1. The number of aliphatic imine (C=N–C) groups is 1. The Morgan fingerprint density at radius 1 is 1.24 bits per heavy atom. The van der Waals surface area contributed by atoms with Crippen LogP contribution in [0.4, 0.5) is 0 Å². The van der Waals surface area contributed by atoms with Gasteiger partial charge in [-0.1, -0.05) is 26.7 Å². The summed E-state index contributed by atoms with van der Waals surface area (Å²) in [6.07, 6.45) is 4.78. The van der Waals surface area contributed by atoms with E-state index in [0.717, 1.165) is 58.3 Å². The van der Waals surface area contributed by atoms with E-state index in [0.29, 0.717) is 5.96 Å². The zero-order valence-corrected chi connectivity index (χ0v) is 16.0. The number of hydrogen-bond donors (Lipinski definition) is 2. The van der Waals surface area contributed by atoms with Gasteiger partial charge in [0.1, 0.15) is 0 Å². The molecule has 1 heterocycles. The molecule has 0 aromatic heterocycles. The van der Waals surface area contributed by atoms with Crippen LogP contribution in [0, 0.1) is 5.92 Å². The summed E-state index contributed by atoms with van der Waals surface area (Å²) in [5.74, 6) is 1.39. The van der Waals surface area contributed by atoms with Crippen LogP contribution in [-0.4, -0.2) is 56.8 Å². The maximum absolute atomic E-state index is 5.84. The van der Waals surface area contributed by atoms with E-state index in [1.807, 2.05) is 0 Å². The van der Waals surface area contributed by atoms with Crippen molar-refractivity contribution in [1.82, 2.24) is 10.2 Å². The Labute approximate surface area is 147 Å². The number of rotatable bonds is 9. The van der Waals surface area contributed by atoms with Crippen LogP contribution in [-0.2, 0) is 4.74 Å². The van der Waals surface area contributed by atoms with Crippen LogP contribution in [0.1, 0.15) is 39.5 Å². The number of hydrogen-bond acceptors (Lipinski definition) is 3. The third-order valence-electron chi connectivity index (χ3n) is 3.53. The minimum atomic E-state index is 0. The number of nitrogens with two attached hydrogens (primary N) is 1. The van der Waals surface area contributed by atoms with Gasteiger partial charge >= 0.3 is 0 Å². The van der Waals surface area contributed by atoms with Crippen molar-refractivity contribution < 1.29 is 4.74 Å². The van der Waals surface area contributed by atoms with E-state index in [9.17, 15) is 0 Å². The minimum absolute atomic E-state index is 0. The Morgan fingerprint density at radius 3 is 2.62 bits per heavy atom. The Morgan fingerprint density at radius 2 is 1.95 bits per heavy atom. The van der Waals surface area contributed by atoms with Crippen LogP contribution >= 0.6 is 24.0 Å². The predicted molar refractivity (Wildman–Crippen MR) is 100 cm³/mol. The van der Waals surface area contributed by atoms with E-state index in [1.165, 1.54) is 19.3 Å². The molecule has 1 fully saturated rings. The number of halogens is 1. The molecule has 0 spiro atoms. The zero-order chi connectivity index (χ0) is 14.6. The second-order valence-electron chi connectivity index (χ2n) is 5.89. The zero-order valence-electron chi connectivity index (χ0n) is 13.6. The topological polar surface area (TPSA) is 62.9 Å². The molecule has 0 bridgehead atoms. The Kier molecular flexibility index (Phi) is 13.5.